The van der Waals surface area contributed by atoms with Crippen LogP contribution in [0.3, 0.4) is 0 Å². The van der Waals surface area contributed by atoms with Crippen LogP contribution in [0.15, 0.2) is 24.3 Å². The van der Waals surface area contributed by atoms with Gasteiger partial charge >= 0.3 is 5.97 Å². The van der Waals surface area contributed by atoms with E-state index in [2.05, 4.69) is 29.4 Å². The number of benzene rings is 1. The van der Waals surface area contributed by atoms with Crippen molar-refractivity contribution in [3.8, 4) is 0 Å². The van der Waals surface area contributed by atoms with Crippen molar-refractivity contribution in [2.45, 2.75) is 27.2 Å². The summed E-state index contributed by atoms with van der Waals surface area (Å²) in [6.07, 6.45) is 1.05. The first-order valence-electron chi connectivity index (χ1n) is 8.15. The van der Waals surface area contributed by atoms with Gasteiger partial charge in [0.1, 0.15) is 0 Å². The number of carbonyl (C=O) groups excluding carboxylic acids is 1. The number of carbonyl (C=O) groups is 1. The molecular weight excluding hydrogens is 310 g/mol. The molecular formula is C17H27N3O2S. The molecule has 0 atom stereocenters. The summed E-state index contributed by atoms with van der Waals surface area (Å²) in [5.74, 6) is -0.309. The molecule has 1 aromatic rings. The summed E-state index contributed by atoms with van der Waals surface area (Å²) in [4.78, 5) is 14.0. The fourth-order valence-electron chi connectivity index (χ4n) is 2.12. The molecule has 1 rings (SSSR count). The molecule has 0 spiro atoms. The van der Waals surface area contributed by atoms with E-state index >= 15 is 0 Å². The minimum absolute atomic E-state index is 0.309. The largest absolute Gasteiger partial charge is 0.462 e. The molecule has 128 valence electrons. The number of nitrogens with zero attached hydrogens (tertiary/aromatic N) is 1. The van der Waals surface area contributed by atoms with Crippen molar-refractivity contribution in [2.24, 2.45) is 0 Å². The summed E-state index contributed by atoms with van der Waals surface area (Å²) >= 11 is 5.27. The monoisotopic (exact) mass is 337 g/mol. The number of hydrogen-bond acceptors (Lipinski definition) is 4. The SMILES string of the molecule is CCOC(=O)c1ccc(NC(=S)NCCCN(CC)CC)cc1. The lowest BCUT2D eigenvalue weighted by atomic mass is 10.2. The van der Waals surface area contributed by atoms with Crippen molar-refractivity contribution in [2.75, 3.05) is 38.1 Å². The summed E-state index contributed by atoms with van der Waals surface area (Å²) in [5, 5.41) is 6.90. The van der Waals surface area contributed by atoms with Crippen LogP contribution >= 0.6 is 12.2 Å². The standard InChI is InChI=1S/C17H27N3O2S/c1-4-20(5-2)13-7-12-18-17(23)19-15-10-8-14(9-11-15)16(21)22-6-3/h8-11H,4-7,12-13H2,1-3H3,(H2,18,19,23). The van der Waals surface area contributed by atoms with E-state index in [1.54, 1.807) is 19.1 Å². The molecule has 0 aliphatic rings. The van der Waals surface area contributed by atoms with Crippen LogP contribution in [0.2, 0.25) is 0 Å². The van der Waals surface area contributed by atoms with Crippen LogP contribution in [0.25, 0.3) is 0 Å². The second-order valence-electron chi connectivity index (χ2n) is 5.06. The number of hydrogen-bond donors (Lipinski definition) is 2. The van der Waals surface area contributed by atoms with E-state index in [0.717, 1.165) is 38.3 Å². The molecule has 0 fully saturated rings. The Morgan fingerprint density at radius 2 is 1.83 bits per heavy atom. The van der Waals surface area contributed by atoms with Crippen molar-refractivity contribution in [3.63, 3.8) is 0 Å². The number of rotatable bonds is 9. The molecule has 0 heterocycles. The van der Waals surface area contributed by atoms with Crippen LogP contribution in [0, 0.1) is 0 Å². The van der Waals surface area contributed by atoms with Crippen molar-refractivity contribution in [1.29, 1.82) is 0 Å². The van der Waals surface area contributed by atoms with Gasteiger partial charge in [0.2, 0.25) is 0 Å². The first-order chi connectivity index (χ1) is 11.1. The van der Waals surface area contributed by atoms with Gasteiger partial charge in [0, 0.05) is 12.2 Å². The number of anilines is 1. The molecule has 0 aromatic heterocycles. The average Bonchev–Trinajstić information content (AvgIpc) is 2.56. The normalized spacial score (nSPS) is 10.4. The minimum atomic E-state index is -0.309. The van der Waals surface area contributed by atoms with Gasteiger partial charge in [-0.2, -0.15) is 0 Å². The third-order valence-electron chi connectivity index (χ3n) is 3.49. The smallest absolute Gasteiger partial charge is 0.338 e. The minimum Gasteiger partial charge on any atom is -0.462 e. The van der Waals surface area contributed by atoms with Gasteiger partial charge in [0.15, 0.2) is 5.11 Å². The van der Waals surface area contributed by atoms with Gasteiger partial charge in [-0.15, -0.1) is 0 Å². The number of thiocarbonyl (C=S) groups is 1. The highest BCUT2D eigenvalue weighted by Gasteiger charge is 2.06. The van der Waals surface area contributed by atoms with Crippen molar-refractivity contribution >= 4 is 29.0 Å². The molecule has 0 saturated carbocycles. The Bertz CT molecular complexity index is 487. The predicted octanol–water partition coefficient (Wildman–Crippen LogP) is 2.88. The maximum atomic E-state index is 11.6. The molecule has 0 aliphatic carbocycles. The second-order valence-corrected chi connectivity index (χ2v) is 5.47. The first-order valence-corrected chi connectivity index (χ1v) is 8.55. The molecule has 0 radical (unpaired) electrons. The molecule has 1 aromatic carbocycles. The van der Waals surface area contributed by atoms with Gasteiger partial charge in [0.05, 0.1) is 12.2 Å². The van der Waals surface area contributed by atoms with Crippen LogP contribution in [0.4, 0.5) is 5.69 Å². The van der Waals surface area contributed by atoms with E-state index in [1.165, 1.54) is 0 Å². The van der Waals surface area contributed by atoms with Crippen molar-refractivity contribution < 1.29 is 9.53 Å². The van der Waals surface area contributed by atoms with Crippen molar-refractivity contribution in [3.05, 3.63) is 29.8 Å². The Balaban J connectivity index is 2.33. The van der Waals surface area contributed by atoms with Gasteiger partial charge in [-0.05, 0) is 69.5 Å². The molecule has 6 heteroatoms. The Kier molecular flexibility index (Phi) is 9.24. The topological polar surface area (TPSA) is 53.6 Å². The lowest BCUT2D eigenvalue weighted by molar-refractivity contribution is 0.0526. The van der Waals surface area contributed by atoms with E-state index < -0.39 is 0 Å². The van der Waals surface area contributed by atoms with E-state index in [4.69, 9.17) is 17.0 Å². The Morgan fingerprint density at radius 1 is 1.17 bits per heavy atom. The van der Waals surface area contributed by atoms with E-state index in [9.17, 15) is 4.79 Å². The maximum Gasteiger partial charge on any atom is 0.338 e. The number of ether oxygens (including phenoxy) is 1. The van der Waals surface area contributed by atoms with Gasteiger partial charge in [-0.25, -0.2) is 4.79 Å². The summed E-state index contributed by atoms with van der Waals surface area (Å²) in [6, 6.07) is 7.08. The van der Waals surface area contributed by atoms with Gasteiger partial charge in [0.25, 0.3) is 0 Å². The number of nitrogens with one attached hydrogen (secondary N) is 2. The van der Waals surface area contributed by atoms with Gasteiger partial charge in [-0.1, -0.05) is 13.8 Å². The van der Waals surface area contributed by atoms with Crippen LogP contribution in [0.5, 0.6) is 0 Å². The van der Waals surface area contributed by atoms with E-state index in [-0.39, 0.29) is 5.97 Å². The average molecular weight is 337 g/mol. The predicted molar refractivity (Wildman–Crippen MR) is 99.0 cm³/mol. The third-order valence-corrected chi connectivity index (χ3v) is 3.73. The zero-order valence-corrected chi connectivity index (χ0v) is 15.0. The van der Waals surface area contributed by atoms with Gasteiger partial charge in [-0.3, -0.25) is 0 Å². The summed E-state index contributed by atoms with van der Waals surface area (Å²) in [7, 11) is 0. The summed E-state index contributed by atoms with van der Waals surface area (Å²) in [6.45, 7) is 10.6. The second kappa shape index (κ2) is 11.0. The van der Waals surface area contributed by atoms with E-state index in [1.807, 2.05) is 12.1 Å². The van der Waals surface area contributed by atoms with Crippen molar-refractivity contribution in [1.82, 2.24) is 10.2 Å². The first kappa shape index (κ1) is 19.4. The zero-order chi connectivity index (χ0) is 17.1. The molecule has 0 amide bonds. The van der Waals surface area contributed by atoms with Crippen LogP contribution < -0.4 is 10.6 Å². The zero-order valence-electron chi connectivity index (χ0n) is 14.2. The maximum absolute atomic E-state index is 11.6. The fourth-order valence-corrected chi connectivity index (χ4v) is 2.34. The Hall–Kier alpha value is -1.66. The Morgan fingerprint density at radius 3 is 2.39 bits per heavy atom. The quantitative estimate of drug-likeness (QED) is 0.410. The molecule has 5 nitrogen and oxygen atoms in total. The van der Waals surface area contributed by atoms with Crippen LogP contribution in [-0.2, 0) is 4.74 Å². The highest BCUT2D eigenvalue weighted by molar-refractivity contribution is 7.80. The highest BCUT2D eigenvalue weighted by Crippen LogP contribution is 2.10. The molecule has 0 saturated heterocycles. The van der Waals surface area contributed by atoms with Gasteiger partial charge < -0.3 is 20.3 Å². The van der Waals surface area contributed by atoms with Crippen LogP contribution in [0.1, 0.15) is 37.6 Å². The Labute approximate surface area is 144 Å². The lowest BCUT2D eigenvalue weighted by Crippen LogP contribution is -2.32. The molecule has 2 N–H and O–H groups in total. The fraction of sp³-hybridized carbons (Fsp3) is 0.529. The van der Waals surface area contributed by atoms with Crippen LogP contribution in [-0.4, -0.2) is 48.8 Å². The van der Waals surface area contributed by atoms with E-state index in [0.29, 0.717) is 17.3 Å². The highest BCUT2D eigenvalue weighted by atomic mass is 32.1. The number of esters is 1. The molecule has 0 bridgehead atoms. The summed E-state index contributed by atoms with van der Waals surface area (Å²) < 4.78 is 4.95. The lowest BCUT2D eigenvalue weighted by Gasteiger charge is -2.18. The molecule has 23 heavy (non-hydrogen) atoms. The molecule has 0 aliphatic heterocycles. The molecule has 0 unspecified atom stereocenters. The summed E-state index contributed by atoms with van der Waals surface area (Å²) in [5.41, 5.74) is 1.38. The third kappa shape index (κ3) is 7.43.